The van der Waals surface area contributed by atoms with Gasteiger partial charge in [-0.2, -0.15) is 0 Å². The molecule has 0 N–H and O–H groups in total. The Labute approximate surface area is 60.1 Å². The Hall–Kier alpha value is -1.18. The zero-order chi connectivity index (χ0) is 7.40. The van der Waals surface area contributed by atoms with Gasteiger partial charge in [0.1, 0.15) is 0 Å². The standard InChI is InChI=1S/C8H10O2/c1-3-9-7(2)8-5-4-6-10-8/h4-6H,2-3H2,1H3. The van der Waals surface area contributed by atoms with Crippen molar-refractivity contribution in [1.29, 1.82) is 0 Å². The SMILES string of the molecule is C=C(OCC)c1ccco1. The van der Waals surface area contributed by atoms with E-state index in [4.69, 9.17) is 9.15 Å². The lowest BCUT2D eigenvalue weighted by molar-refractivity contribution is 0.288. The first-order valence-corrected chi connectivity index (χ1v) is 3.20. The number of ether oxygens (including phenoxy) is 1. The van der Waals surface area contributed by atoms with Crippen LogP contribution in [0.2, 0.25) is 0 Å². The van der Waals surface area contributed by atoms with Gasteiger partial charge in [-0.25, -0.2) is 0 Å². The molecule has 0 aliphatic carbocycles. The molecule has 1 heterocycles. The predicted molar refractivity (Wildman–Crippen MR) is 39.4 cm³/mol. The first kappa shape index (κ1) is 6.93. The van der Waals surface area contributed by atoms with Crippen molar-refractivity contribution in [3.8, 4) is 0 Å². The molecule has 0 unspecified atom stereocenters. The summed E-state index contributed by atoms with van der Waals surface area (Å²) in [5.74, 6) is 1.29. The van der Waals surface area contributed by atoms with Crippen LogP contribution in [-0.4, -0.2) is 6.61 Å². The molecule has 0 saturated heterocycles. The lowest BCUT2D eigenvalue weighted by Crippen LogP contribution is -1.86. The summed E-state index contributed by atoms with van der Waals surface area (Å²) >= 11 is 0. The van der Waals surface area contributed by atoms with E-state index >= 15 is 0 Å². The Kier molecular flexibility index (Phi) is 2.15. The van der Waals surface area contributed by atoms with E-state index in [9.17, 15) is 0 Å². The van der Waals surface area contributed by atoms with E-state index < -0.39 is 0 Å². The number of rotatable bonds is 3. The average Bonchev–Trinajstić information content (AvgIpc) is 2.38. The van der Waals surface area contributed by atoms with E-state index in [1.54, 1.807) is 12.3 Å². The fourth-order valence-electron chi connectivity index (χ4n) is 0.683. The van der Waals surface area contributed by atoms with E-state index in [2.05, 4.69) is 6.58 Å². The van der Waals surface area contributed by atoms with Crippen LogP contribution in [0.15, 0.2) is 29.4 Å². The topological polar surface area (TPSA) is 22.4 Å². The van der Waals surface area contributed by atoms with E-state index in [1.165, 1.54) is 0 Å². The second kappa shape index (κ2) is 3.11. The van der Waals surface area contributed by atoms with Crippen molar-refractivity contribution in [2.45, 2.75) is 6.92 Å². The van der Waals surface area contributed by atoms with E-state index in [0.717, 1.165) is 0 Å². The highest BCUT2D eigenvalue weighted by Gasteiger charge is 1.99. The summed E-state index contributed by atoms with van der Waals surface area (Å²) < 4.78 is 10.1. The molecule has 1 aromatic rings. The van der Waals surface area contributed by atoms with Crippen LogP contribution in [0.3, 0.4) is 0 Å². The second-order valence-electron chi connectivity index (χ2n) is 1.83. The lowest BCUT2D eigenvalue weighted by atomic mass is 10.4. The summed E-state index contributed by atoms with van der Waals surface area (Å²) in [4.78, 5) is 0. The van der Waals surface area contributed by atoms with Gasteiger partial charge in [-0.15, -0.1) is 0 Å². The third-order valence-electron chi connectivity index (χ3n) is 1.11. The molecule has 0 amide bonds. The van der Waals surface area contributed by atoms with Gasteiger partial charge >= 0.3 is 0 Å². The maximum absolute atomic E-state index is 5.10. The minimum Gasteiger partial charge on any atom is -0.491 e. The summed E-state index contributed by atoms with van der Waals surface area (Å²) in [6.07, 6.45) is 1.60. The van der Waals surface area contributed by atoms with Crippen LogP contribution >= 0.6 is 0 Å². The maximum atomic E-state index is 5.10. The molecule has 1 rings (SSSR count). The smallest absolute Gasteiger partial charge is 0.167 e. The van der Waals surface area contributed by atoms with E-state index in [-0.39, 0.29) is 0 Å². The molecule has 0 fully saturated rings. The minimum absolute atomic E-state index is 0.590. The minimum atomic E-state index is 0.590. The van der Waals surface area contributed by atoms with Crippen molar-refractivity contribution in [3.63, 3.8) is 0 Å². The highest BCUT2D eigenvalue weighted by Crippen LogP contribution is 2.12. The molecule has 0 aliphatic rings. The molecule has 0 saturated carbocycles. The molecule has 10 heavy (non-hydrogen) atoms. The highest BCUT2D eigenvalue weighted by molar-refractivity contribution is 5.51. The van der Waals surface area contributed by atoms with E-state index in [1.807, 2.05) is 13.0 Å². The van der Waals surface area contributed by atoms with Gasteiger partial charge in [-0.3, -0.25) is 0 Å². The Morgan fingerprint density at radius 2 is 2.60 bits per heavy atom. The fraction of sp³-hybridized carbons (Fsp3) is 0.250. The third-order valence-corrected chi connectivity index (χ3v) is 1.11. The Morgan fingerprint density at radius 3 is 3.10 bits per heavy atom. The number of hydrogen-bond donors (Lipinski definition) is 0. The summed E-state index contributed by atoms with van der Waals surface area (Å²) in [5.41, 5.74) is 0. The van der Waals surface area contributed by atoms with Crippen LogP contribution in [-0.2, 0) is 4.74 Å². The molecule has 2 nitrogen and oxygen atoms in total. The second-order valence-corrected chi connectivity index (χ2v) is 1.83. The van der Waals surface area contributed by atoms with Crippen molar-refractivity contribution in [2.24, 2.45) is 0 Å². The normalized spacial score (nSPS) is 9.30. The summed E-state index contributed by atoms with van der Waals surface area (Å²) in [6.45, 7) is 6.21. The molecule has 0 aliphatic heterocycles. The molecular formula is C8H10O2. The molecule has 0 aromatic carbocycles. The quantitative estimate of drug-likeness (QED) is 0.598. The van der Waals surface area contributed by atoms with Crippen LogP contribution in [0, 0.1) is 0 Å². The van der Waals surface area contributed by atoms with Gasteiger partial charge in [0.25, 0.3) is 0 Å². The van der Waals surface area contributed by atoms with Crippen LogP contribution in [0.1, 0.15) is 12.7 Å². The van der Waals surface area contributed by atoms with Crippen molar-refractivity contribution < 1.29 is 9.15 Å². The number of furan rings is 1. The molecule has 54 valence electrons. The molecule has 0 bridgehead atoms. The Balaban J connectivity index is 2.59. The monoisotopic (exact) mass is 138 g/mol. The van der Waals surface area contributed by atoms with Crippen molar-refractivity contribution >= 4 is 5.76 Å². The summed E-state index contributed by atoms with van der Waals surface area (Å²) in [6, 6.07) is 3.62. The van der Waals surface area contributed by atoms with Crippen LogP contribution in [0.4, 0.5) is 0 Å². The average molecular weight is 138 g/mol. The van der Waals surface area contributed by atoms with Crippen molar-refractivity contribution in [1.82, 2.24) is 0 Å². The van der Waals surface area contributed by atoms with E-state index in [0.29, 0.717) is 18.1 Å². The molecule has 1 aromatic heterocycles. The predicted octanol–water partition coefficient (Wildman–Crippen LogP) is 2.29. The van der Waals surface area contributed by atoms with Crippen LogP contribution in [0.5, 0.6) is 0 Å². The van der Waals surface area contributed by atoms with Gasteiger partial charge < -0.3 is 9.15 Å². The third kappa shape index (κ3) is 1.41. The summed E-state index contributed by atoms with van der Waals surface area (Å²) in [7, 11) is 0. The molecule has 0 atom stereocenters. The van der Waals surface area contributed by atoms with Gasteiger partial charge in [-0.05, 0) is 19.1 Å². The first-order chi connectivity index (χ1) is 4.84. The van der Waals surface area contributed by atoms with Gasteiger partial charge in [-0.1, -0.05) is 6.58 Å². The first-order valence-electron chi connectivity index (χ1n) is 3.20. The molecule has 0 radical (unpaired) electrons. The largest absolute Gasteiger partial charge is 0.491 e. The van der Waals surface area contributed by atoms with Crippen molar-refractivity contribution in [3.05, 3.63) is 30.7 Å². The zero-order valence-electron chi connectivity index (χ0n) is 5.96. The van der Waals surface area contributed by atoms with Gasteiger partial charge in [0.15, 0.2) is 11.5 Å². The van der Waals surface area contributed by atoms with Crippen LogP contribution in [0.25, 0.3) is 5.76 Å². The van der Waals surface area contributed by atoms with Gasteiger partial charge in [0, 0.05) is 0 Å². The summed E-state index contributed by atoms with van der Waals surface area (Å²) in [5, 5.41) is 0. The van der Waals surface area contributed by atoms with Gasteiger partial charge in [0.2, 0.25) is 0 Å². The lowest BCUT2D eigenvalue weighted by Gasteiger charge is -2.01. The Bertz CT molecular complexity index is 199. The fourth-order valence-corrected chi connectivity index (χ4v) is 0.683. The van der Waals surface area contributed by atoms with Gasteiger partial charge in [0.05, 0.1) is 12.9 Å². The Morgan fingerprint density at radius 1 is 1.80 bits per heavy atom. The maximum Gasteiger partial charge on any atom is 0.167 e. The van der Waals surface area contributed by atoms with Crippen molar-refractivity contribution in [2.75, 3.05) is 6.61 Å². The van der Waals surface area contributed by atoms with Crippen LogP contribution < -0.4 is 0 Å². The zero-order valence-corrected chi connectivity index (χ0v) is 5.96. The molecular weight excluding hydrogens is 128 g/mol. The molecule has 0 spiro atoms. The number of hydrogen-bond acceptors (Lipinski definition) is 2. The molecule has 2 heteroatoms. The highest BCUT2D eigenvalue weighted by atomic mass is 16.5.